The van der Waals surface area contributed by atoms with Crippen molar-refractivity contribution in [3.63, 3.8) is 0 Å². The Bertz CT molecular complexity index is 471. The molecule has 2 aromatic heterocycles. The Labute approximate surface area is 105 Å². The van der Waals surface area contributed by atoms with Crippen molar-refractivity contribution in [1.82, 2.24) is 9.97 Å². The van der Waals surface area contributed by atoms with Gasteiger partial charge in [0.15, 0.2) is 0 Å². The molecule has 0 aliphatic carbocycles. The molecular formula is C13H15N3S. The van der Waals surface area contributed by atoms with Crippen LogP contribution in [0.1, 0.15) is 12.5 Å². The first-order valence-corrected chi connectivity index (χ1v) is 6.34. The first kappa shape index (κ1) is 12.1. The Kier molecular flexibility index (Phi) is 4.12. The molecule has 0 aromatic carbocycles. The molecule has 88 valence electrons. The van der Waals surface area contributed by atoms with Crippen molar-refractivity contribution in [3.05, 3.63) is 48.4 Å². The highest BCUT2D eigenvalue weighted by Gasteiger charge is 2.07. The van der Waals surface area contributed by atoms with Gasteiger partial charge >= 0.3 is 0 Å². The van der Waals surface area contributed by atoms with E-state index in [1.807, 2.05) is 31.3 Å². The first-order valence-electron chi connectivity index (χ1n) is 5.53. The topological polar surface area (TPSA) is 51.8 Å². The normalized spacial score (nSPS) is 12.4. The van der Waals surface area contributed by atoms with Crippen molar-refractivity contribution in [2.45, 2.75) is 29.3 Å². The molecule has 0 saturated heterocycles. The number of aromatic nitrogens is 2. The zero-order chi connectivity index (χ0) is 12.1. The number of hydrogen-bond acceptors (Lipinski definition) is 4. The minimum absolute atomic E-state index is 0.149. The molecule has 3 nitrogen and oxygen atoms in total. The van der Waals surface area contributed by atoms with Gasteiger partial charge in [-0.25, -0.2) is 4.98 Å². The largest absolute Gasteiger partial charge is 0.328 e. The lowest BCUT2D eigenvalue weighted by molar-refractivity contribution is 0.722. The fraction of sp³-hybridized carbons (Fsp3) is 0.231. The molecule has 0 aliphatic rings. The van der Waals surface area contributed by atoms with Crippen molar-refractivity contribution in [1.29, 1.82) is 0 Å². The van der Waals surface area contributed by atoms with E-state index in [-0.39, 0.29) is 6.04 Å². The monoisotopic (exact) mass is 245 g/mol. The molecule has 2 rings (SSSR count). The maximum atomic E-state index is 5.84. The summed E-state index contributed by atoms with van der Waals surface area (Å²) >= 11 is 1.65. The molecular weight excluding hydrogens is 230 g/mol. The van der Waals surface area contributed by atoms with Crippen LogP contribution in [0.2, 0.25) is 0 Å². The molecule has 2 aromatic rings. The zero-order valence-corrected chi connectivity index (χ0v) is 10.5. The molecule has 2 N–H and O–H groups in total. The van der Waals surface area contributed by atoms with Crippen LogP contribution in [-0.4, -0.2) is 16.0 Å². The van der Waals surface area contributed by atoms with Gasteiger partial charge < -0.3 is 5.73 Å². The van der Waals surface area contributed by atoms with Crippen molar-refractivity contribution in [2.75, 3.05) is 0 Å². The number of nitrogens with zero attached hydrogens (tertiary/aromatic N) is 2. The Balaban J connectivity index is 2.20. The second-order valence-electron chi connectivity index (χ2n) is 3.93. The number of pyridine rings is 2. The molecule has 2 heterocycles. The average molecular weight is 245 g/mol. The van der Waals surface area contributed by atoms with Crippen LogP contribution in [0, 0.1) is 0 Å². The van der Waals surface area contributed by atoms with Gasteiger partial charge in [-0.2, -0.15) is 0 Å². The smallest absolute Gasteiger partial charge is 0.104 e. The summed E-state index contributed by atoms with van der Waals surface area (Å²) in [5.41, 5.74) is 7.04. The Morgan fingerprint density at radius 2 is 2.00 bits per heavy atom. The van der Waals surface area contributed by atoms with Crippen LogP contribution >= 0.6 is 11.8 Å². The van der Waals surface area contributed by atoms with E-state index in [2.05, 4.69) is 16.0 Å². The number of rotatable bonds is 4. The molecule has 0 saturated carbocycles. The minimum Gasteiger partial charge on any atom is -0.328 e. The summed E-state index contributed by atoms with van der Waals surface area (Å²) in [6.07, 6.45) is 6.24. The second kappa shape index (κ2) is 5.80. The molecule has 4 heteroatoms. The molecule has 0 spiro atoms. The van der Waals surface area contributed by atoms with E-state index in [4.69, 9.17) is 5.73 Å². The van der Waals surface area contributed by atoms with E-state index in [1.165, 1.54) is 5.56 Å². The Morgan fingerprint density at radius 1 is 1.24 bits per heavy atom. The van der Waals surface area contributed by atoms with E-state index >= 15 is 0 Å². The summed E-state index contributed by atoms with van der Waals surface area (Å²) in [5, 5.41) is 1.02. The molecule has 0 radical (unpaired) electrons. The fourth-order valence-corrected chi connectivity index (χ4v) is 2.41. The van der Waals surface area contributed by atoms with Crippen LogP contribution < -0.4 is 5.73 Å². The maximum absolute atomic E-state index is 5.84. The molecule has 1 unspecified atom stereocenters. The van der Waals surface area contributed by atoms with E-state index in [0.717, 1.165) is 16.3 Å². The van der Waals surface area contributed by atoms with Crippen LogP contribution in [0.3, 0.4) is 0 Å². The van der Waals surface area contributed by atoms with Gasteiger partial charge in [0, 0.05) is 29.5 Å². The Morgan fingerprint density at radius 3 is 2.71 bits per heavy atom. The van der Waals surface area contributed by atoms with E-state index in [0.29, 0.717) is 0 Å². The summed E-state index contributed by atoms with van der Waals surface area (Å²) in [5.74, 6) is 0. The van der Waals surface area contributed by atoms with Crippen molar-refractivity contribution >= 4 is 11.8 Å². The highest BCUT2D eigenvalue weighted by Crippen LogP contribution is 2.28. The molecule has 0 aliphatic heterocycles. The third kappa shape index (κ3) is 3.54. The molecule has 0 amide bonds. The van der Waals surface area contributed by atoms with E-state index in [1.54, 1.807) is 24.2 Å². The molecule has 0 bridgehead atoms. The summed E-state index contributed by atoms with van der Waals surface area (Å²) in [4.78, 5) is 9.56. The zero-order valence-electron chi connectivity index (χ0n) is 9.71. The summed E-state index contributed by atoms with van der Waals surface area (Å²) < 4.78 is 0. The highest BCUT2D eigenvalue weighted by molar-refractivity contribution is 7.99. The summed E-state index contributed by atoms with van der Waals surface area (Å²) in [7, 11) is 0. The van der Waals surface area contributed by atoms with Gasteiger partial charge in [0.05, 0.1) is 0 Å². The van der Waals surface area contributed by atoms with Crippen molar-refractivity contribution in [3.8, 4) is 0 Å². The standard InChI is InChI=1S/C13H15N3S/c1-10(14)9-11-3-2-6-16-13(11)17-12-4-7-15-8-5-12/h2-8,10H,9,14H2,1H3. The SMILES string of the molecule is CC(N)Cc1cccnc1Sc1ccncc1. The van der Waals surface area contributed by atoms with Gasteiger partial charge in [-0.1, -0.05) is 17.8 Å². The lowest BCUT2D eigenvalue weighted by Gasteiger charge is -2.09. The van der Waals surface area contributed by atoms with Crippen LogP contribution in [0.15, 0.2) is 52.8 Å². The predicted octanol–water partition coefficient (Wildman–Crippen LogP) is 2.52. The summed E-state index contributed by atoms with van der Waals surface area (Å²) in [6.45, 7) is 2.01. The average Bonchev–Trinajstić information content (AvgIpc) is 2.32. The third-order valence-electron chi connectivity index (χ3n) is 2.26. The fourth-order valence-electron chi connectivity index (χ4n) is 1.54. The quantitative estimate of drug-likeness (QED) is 0.899. The van der Waals surface area contributed by atoms with Crippen LogP contribution in [0.25, 0.3) is 0 Å². The first-order chi connectivity index (χ1) is 8.25. The third-order valence-corrected chi connectivity index (χ3v) is 3.32. The van der Waals surface area contributed by atoms with Gasteiger partial charge in [-0.05, 0) is 37.1 Å². The van der Waals surface area contributed by atoms with E-state index < -0.39 is 0 Å². The van der Waals surface area contributed by atoms with Crippen molar-refractivity contribution in [2.24, 2.45) is 5.73 Å². The van der Waals surface area contributed by atoms with Gasteiger partial charge in [0.1, 0.15) is 5.03 Å². The van der Waals surface area contributed by atoms with E-state index in [9.17, 15) is 0 Å². The van der Waals surface area contributed by atoms with Crippen LogP contribution in [0.5, 0.6) is 0 Å². The minimum atomic E-state index is 0.149. The molecule has 0 fully saturated rings. The predicted molar refractivity (Wildman–Crippen MR) is 70.0 cm³/mol. The van der Waals surface area contributed by atoms with Gasteiger partial charge in [0.2, 0.25) is 0 Å². The van der Waals surface area contributed by atoms with Gasteiger partial charge in [0.25, 0.3) is 0 Å². The van der Waals surface area contributed by atoms with Crippen LogP contribution in [-0.2, 0) is 6.42 Å². The Hall–Kier alpha value is -1.39. The van der Waals surface area contributed by atoms with Crippen LogP contribution in [0.4, 0.5) is 0 Å². The summed E-state index contributed by atoms with van der Waals surface area (Å²) in [6, 6.07) is 8.15. The lowest BCUT2D eigenvalue weighted by atomic mass is 10.1. The second-order valence-corrected chi connectivity index (χ2v) is 5.00. The maximum Gasteiger partial charge on any atom is 0.104 e. The van der Waals surface area contributed by atoms with Gasteiger partial charge in [-0.3, -0.25) is 4.98 Å². The van der Waals surface area contributed by atoms with Gasteiger partial charge in [-0.15, -0.1) is 0 Å². The molecule has 17 heavy (non-hydrogen) atoms. The lowest BCUT2D eigenvalue weighted by Crippen LogP contribution is -2.18. The number of hydrogen-bond donors (Lipinski definition) is 1. The molecule has 1 atom stereocenters. The number of nitrogens with two attached hydrogens (primary N) is 1. The highest BCUT2D eigenvalue weighted by atomic mass is 32.2. The van der Waals surface area contributed by atoms with Crippen molar-refractivity contribution < 1.29 is 0 Å².